The van der Waals surface area contributed by atoms with Crippen molar-refractivity contribution in [1.29, 1.82) is 0 Å². The Kier molecular flexibility index (Phi) is 5.75. The molecule has 0 aliphatic rings. The van der Waals surface area contributed by atoms with Gasteiger partial charge in [0.25, 0.3) is 5.56 Å². The standard InChI is InChI=1S/C21H22FN3O3/c1-13(2)25(12-14-6-4-3-5-7-14)18(15-8-10-16(22)11-9-15)17-19(26)23-21(28)24-20(17)27/h3-11,13,18H,12H2,1-2H3,(H3,23,24,26,27,28). The van der Waals surface area contributed by atoms with E-state index in [1.54, 1.807) is 12.1 Å². The van der Waals surface area contributed by atoms with Gasteiger partial charge in [-0.2, -0.15) is 0 Å². The molecule has 0 bridgehead atoms. The fraction of sp³-hybridized carbons (Fsp3) is 0.238. The molecule has 3 aromatic rings. The molecule has 0 aliphatic carbocycles. The molecular formula is C21H22FN3O3. The number of rotatable bonds is 6. The van der Waals surface area contributed by atoms with Gasteiger partial charge in [-0.1, -0.05) is 42.5 Å². The number of nitrogens with one attached hydrogen (secondary N) is 2. The zero-order valence-electron chi connectivity index (χ0n) is 15.6. The van der Waals surface area contributed by atoms with E-state index in [1.165, 1.54) is 12.1 Å². The van der Waals surface area contributed by atoms with E-state index in [4.69, 9.17) is 0 Å². The topological polar surface area (TPSA) is 89.2 Å². The molecule has 3 rings (SSSR count). The van der Waals surface area contributed by atoms with E-state index in [9.17, 15) is 19.1 Å². The molecule has 0 saturated heterocycles. The Morgan fingerprint density at radius 3 is 2.21 bits per heavy atom. The van der Waals surface area contributed by atoms with E-state index >= 15 is 0 Å². The van der Waals surface area contributed by atoms with Crippen molar-refractivity contribution in [2.24, 2.45) is 0 Å². The Morgan fingerprint density at radius 2 is 1.64 bits per heavy atom. The van der Waals surface area contributed by atoms with Crippen molar-refractivity contribution in [2.45, 2.75) is 32.5 Å². The van der Waals surface area contributed by atoms with Crippen LogP contribution in [0.3, 0.4) is 0 Å². The van der Waals surface area contributed by atoms with Crippen LogP contribution in [0.1, 0.15) is 36.6 Å². The first-order valence-corrected chi connectivity index (χ1v) is 8.97. The Balaban J connectivity index is 2.18. The van der Waals surface area contributed by atoms with E-state index < -0.39 is 29.0 Å². The molecule has 1 atom stereocenters. The van der Waals surface area contributed by atoms with Crippen molar-refractivity contribution in [2.75, 3.05) is 0 Å². The maximum atomic E-state index is 13.5. The van der Waals surface area contributed by atoms with Crippen LogP contribution in [0.4, 0.5) is 4.39 Å². The summed E-state index contributed by atoms with van der Waals surface area (Å²) in [6.45, 7) is 4.42. The van der Waals surface area contributed by atoms with Gasteiger partial charge in [0.1, 0.15) is 5.82 Å². The lowest BCUT2D eigenvalue weighted by Crippen LogP contribution is -2.39. The molecule has 0 amide bonds. The Hall–Kier alpha value is -3.19. The number of aromatic hydroxyl groups is 1. The van der Waals surface area contributed by atoms with Crippen LogP contribution in [0.5, 0.6) is 5.88 Å². The molecule has 0 radical (unpaired) electrons. The molecule has 1 aromatic heterocycles. The molecular weight excluding hydrogens is 361 g/mol. The predicted octanol–water partition coefficient (Wildman–Crippen LogP) is 2.91. The number of H-pyrrole nitrogens is 2. The van der Waals surface area contributed by atoms with Crippen molar-refractivity contribution < 1.29 is 9.50 Å². The van der Waals surface area contributed by atoms with Gasteiger partial charge in [-0.15, -0.1) is 0 Å². The second kappa shape index (κ2) is 8.22. The van der Waals surface area contributed by atoms with Gasteiger partial charge in [-0.05, 0) is 37.1 Å². The summed E-state index contributed by atoms with van der Waals surface area (Å²) in [7, 11) is 0. The molecule has 146 valence electrons. The largest absolute Gasteiger partial charge is 0.494 e. The van der Waals surface area contributed by atoms with Crippen LogP contribution in [-0.4, -0.2) is 26.0 Å². The Labute approximate surface area is 161 Å². The molecule has 0 fully saturated rings. The molecule has 0 aliphatic heterocycles. The third-order valence-corrected chi connectivity index (χ3v) is 4.62. The van der Waals surface area contributed by atoms with Crippen molar-refractivity contribution in [3.63, 3.8) is 0 Å². The van der Waals surface area contributed by atoms with Crippen LogP contribution in [0, 0.1) is 5.82 Å². The molecule has 0 saturated carbocycles. The zero-order chi connectivity index (χ0) is 20.3. The summed E-state index contributed by atoms with van der Waals surface area (Å²) in [6, 6.07) is 14.7. The first-order chi connectivity index (χ1) is 13.4. The van der Waals surface area contributed by atoms with E-state index in [0.29, 0.717) is 12.1 Å². The monoisotopic (exact) mass is 383 g/mol. The molecule has 7 heteroatoms. The number of hydrogen-bond acceptors (Lipinski definition) is 4. The maximum absolute atomic E-state index is 13.5. The van der Waals surface area contributed by atoms with Gasteiger partial charge in [0, 0.05) is 12.6 Å². The first-order valence-electron chi connectivity index (χ1n) is 8.97. The predicted molar refractivity (Wildman–Crippen MR) is 105 cm³/mol. The van der Waals surface area contributed by atoms with Gasteiger partial charge in [0.15, 0.2) is 0 Å². The summed E-state index contributed by atoms with van der Waals surface area (Å²) in [5, 5.41) is 10.4. The summed E-state index contributed by atoms with van der Waals surface area (Å²) in [4.78, 5) is 30.5. The van der Waals surface area contributed by atoms with Gasteiger partial charge in [0.2, 0.25) is 5.88 Å². The third-order valence-electron chi connectivity index (χ3n) is 4.62. The lowest BCUT2D eigenvalue weighted by atomic mass is 9.96. The molecule has 0 spiro atoms. The highest BCUT2D eigenvalue weighted by atomic mass is 19.1. The minimum absolute atomic E-state index is 0.0100. The Bertz CT molecular complexity index is 1040. The minimum Gasteiger partial charge on any atom is -0.494 e. The number of halogens is 1. The zero-order valence-corrected chi connectivity index (χ0v) is 15.6. The Morgan fingerprint density at radius 1 is 1.00 bits per heavy atom. The van der Waals surface area contributed by atoms with Crippen molar-refractivity contribution >= 4 is 0 Å². The van der Waals surface area contributed by atoms with Crippen molar-refractivity contribution in [1.82, 2.24) is 14.9 Å². The van der Waals surface area contributed by atoms with Gasteiger partial charge in [-0.25, -0.2) is 9.18 Å². The van der Waals surface area contributed by atoms with Gasteiger partial charge < -0.3 is 5.11 Å². The number of aromatic nitrogens is 2. The van der Waals surface area contributed by atoms with Gasteiger partial charge in [-0.3, -0.25) is 19.7 Å². The van der Waals surface area contributed by atoms with Crippen LogP contribution in [-0.2, 0) is 6.54 Å². The number of hydrogen-bond donors (Lipinski definition) is 3. The summed E-state index contributed by atoms with van der Waals surface area (Å²) in [5.74, 6) is -0.900. The van der Waals surface area contributed by atoms with Gasteiger partial charge in [0.05, 0.1) is 11.6 Å². The van der Waals surface area contributed by atoms with Crippen LogP contribution >= 0.6 is 0 Å². The summed E-state index contributed by atoms with van der Waals surface area (Å²) in [5.41, 5.74) is 0.177. The summed E-state index contributed by atoms with van der Waals surface area (Å²) >= 11 is 0. The van der Waals surface area contributed by atoms with Crippen molar-refractivity contribution in [3.05, 3.63) is 97.9 Å². The summed E-state index contributed by atoms with van der Waals surface area (Å²) < 4.78 is 13.5. The van der Waals surface area contributed by atoms with E-state index in [0.717, 1.165) is 5.56 Å². The number of nitrogens with zero attached hydrogens (tertiary/aromatic N) is 1. The van der Waals surface area contributed by atoms with Crippen LogP contribution in [0.25, 0.3) is 0 Å². The first kappa shape index (κ1) is 19.6. The van der Waals surface area contributed by atoms with Crippen LogP contribution < -0.4 is 11.2 Å². The SMILES string of the molecule is CC(C)N(Cc1ccccc1)C(c1ccc(F)cc1)c1c(O)[nH]c(=O)[nH]c1=O. The van der Waals surface area contributed by atoms with E-state index in [2.05, 4.69) is 9.97 Å². The quantitative estimate of drug-likeness (QED) is 0.611. The molecule has 2 aromatic carbocycles. The lowest BCUT2D eigenvalue weighted by molar-refractivity contribution is 0.164. The maximum Gasteiger partial charge on any atom is 0.328 e. The smallest absolute Gasteiger partial charge is 0.328 e. The van der Waals surface area contributed by atoms with Crippen LogP contribution in [0.2, 0.25) is 0 Å². The molecule has 28 heavy (non-hydrogen) atoms. The normalized spacial score (nSPS) is 12.5. The highest BCUT2D eigenvalue weighted by Gasteiger charge is 2.30. The average Bonchev–Trinajstić information content (AvgIpc) is 2.64. The second-order valence-electron chi connectivity index (χ2n) is 6.88. The second-order valence-corrected chi connectivity index (χ2v) is 6.88. The highest BCUT2D eigenvalue weighted by Crippen LogP contribution is 2.33. The molecule has 3 N–H and O–H groups in total. The average molecular weight is 383 g/mol. The number of benzene rings is 2. The highest BCUT2D eigenvalue weighted by molar-refractivity contribution is 5.36. The number of aromatic amines is 2. The minimum atomic E-state index is -0.789. The van der Waals surface area contributed by atoms with E-state index in [-0.39, 0.29) is 11.6 Å². The van der Waals surface area contributed by atoms with Crippen molar-refractivity contribution in [3.8, 4) is 5.88 Å². The van der Waals surface area contributed by atoms with E-state index in [1.807, 2.05) is 49.1 Å². The third kappa shape index (κ3) is 4.20. The fourth-order valence-corrected chi connectivity index (χ4v) is 3.27. The lowest BCUT2D eigenvalue weighted by Gasteiger charge is -2.35. The molecule has 1 heterocycles. The molecule has 6 nitrogen and oxygen atoms in total. The summed E-state index contributed by atoms with van der Waals surface area (Å²) in [6.07, 6.45) is 0. The fourth-order valence-electron chi connectivity index (χ4n) is 3.27. The van der Waals surface area contributed by atoms with Gasteiger partial charge >= 0.3 is 5.69 Å². The van der Waals surface area contributed by atoms with Crippen LogP contribution in [0.15, 0.2) is 64.2 Å². The molecule has 1 unspecified atom stereocenters.